The van der Waals surface area contributed by atoms with E-state index >= 15 is 0 Å². The van der Waals surface area contributed by atoms with E-state index in [0.29, 0.717) is 30.3 Å². The Bertz CT molecular complexity index is 1870. The fourth-order valence-corrected chi connectivity index (χ4v) is 4.89. The number of nitrogens with one attached hydrogen (secondary N) is 1. The fraction of sp³-hybridized carbons (Fsp3) is 0.345. The van der Waals surface area contributed by atoms with Gasteiger partial charge >= 0.3 is 49.2 Å². The Labute approximate surface area is 288 Å². The lowest BCUT2D eigenvalue weighted by Crippen LogP contribution is -2.42. The number of carbonyl (C=O) groups excluding carboxylic acids is 2. The van der Waals surface area contributed by atoms with E-state index in [1.54, 1.807) is 0 Å². The highest BCUT2D eigenvalue weighted by atomic mass is 19.4. The van der Waals surface area contributed by atoms with Crippen LogP contribution in [0, 0.1) is 0 Å². The van der Waals surface area contributed by atoms with Gasteiger partial charge in [0, 0.05) is 23.2 Å². The number of halogens is 15. The topological polar surface area (TPSA) is 130 Å². The third kappa shape index (κ3) is 10.2. The van der Waals surface area contributed by atoms with Crippen LogP contribution in [-0.4, -0.2) is 73.0 Å². The van der Waals surface area contributed by atoms with Crippen LogP contribution >= 0.6 is 0 Å². The van der Waals surface area contributed by atoms with Crippen LogP contribution in [0.3, 0.4) is 0 Å². The number of alkyl halides is 15. The molecular weight excluding hydrogens is 791 g/mol. The van der Waals surface area contributed by atoms with Crippen LogP contribution in [-0.2, 0) is 32.1 Å². The van der Waals surface area contributed by atoms with E-state index in [9.17, 15) is 85.3 Å². The molecule has 4 rings (SSSR count). The van der Waals surface area contributed by atoms with Crippen molar-refractivity contribution in [3.8, 4) is 23.0 Å². The van der Waals surface area contributed by atoms with Gasteiger partial charge in [-0.3, -0.25) is 0 Å². The van der Waals surface area contributed by atoms with E-state index in [0.717, 1.165) is 0 Å². The number of esters is 2. The molecule has 2 aromatic carbocycles. The number of ether oxygens (including phenoxy) is 5. The number of carboxylic acids is 1. The number of rotatable bonds is 9. The molecule has 296 valence electrons. The summed E-state index contributed by atoms with van der Waals surface area (Å²) in [5.41, 5.74) is -5.81. The normalized spacial score (nSPS) is 17.5. The second-order valence-corrected chi connectivity index (χ2v) is 10.8. The smallest absolute Gasteiger partial charge is 0.478 e. The molecule has 0 aromatic heterocycles. The first-order valence-corrected chi connectivity index (χ1v) is 14.1. The highest BCUT2D eigenvalue weighted by Crippen LogP contribution is 2.44. The Balaban J connectivity index is 1.70. The lowest BCUT2D eigenvalue weighted by molar-refractivity contribution is -0.275. The Morgan fingerprint density at radius 3 is 1.56 bits per heavy atom. The number of hydrogen-bond donors (Lipinski definition) is 2. The van der Waals surface area contributed by atoms with Gasteiger partial charge in [-0.1, -0.05) is 0 Å². The lowest BCUT2D eigenvalue weighted by Gasteiger charge is -2.30. The largest absolute Gasteiger partial charge is 0.573 e. The molecule has 0 radical (unpaired) electrons. The van der Waals surface area contributed by atoms with E-state index in [4.69, 9.17) is 9.47 Å². The van der Waals surface area contributed by atoms with Gasteiger partial charge < -0.3 is 34.1 Å². The molecule has 0 spiro atoms. The molecule has 25 heteroatoms. The highest BCUT2D eigenvalue weighted by molar-refractivity contribution is 6.02. The van der Waals surface area contributed by atoms with Crippen LogP contribution in [0.5, 0.6) is 23.0 Å². The second kappa shape index (κ2) is 14.5. The zero-order valence-corrected chi connectivity index (χ0v) is 25.6. The Morgan fingerprint density at radius 2 is 1.11 bits per heavy atom. The highest BCUT2D eigenvalue weighted by Gasteiger charge is 2.52. The SMILES string of the molecule is O=C(O)C1=Cc2cc(OC(F)(F)F)cc(CCNCc3cc(OC(F)(F)F)cc4c3OC(C(F)(F)F)C(C(=O)OC(=O)C(F)(F)F)=C4)c2OC1C(F)(F)F. The summed E-state index contributed by atoms with van der Waals surface area (Å²) in [7, 11) is 0. The molecule has 0 aliphatic carbocycles. The minimum atomic E-state index is -5.86. The molecule has 54 heavy (non-hydrogen) atoms. The van der Waals surface area contributed by atoms with Crippen molar-refractivity contribution in [2.45, 2.75) is 56.4 Å². The second-order valence-electron chi connectivity index (χ2n) is 10.8. The lowest BCUT2D eigenvalue weighted by atomic mass is 9.97. The molecule has 0 bridgehead atoms. The van der Waals surface area contributed by atoms with E-state index in [1.807, 2.05) is 0 Å². The number of fused-ring (bicyclic) bond motifs is 2. The van der Waals surface area contributed by atoms with Crippen LogP contribution in [0.4, 0.5) is 65.9 Å². The quantitative estimate of drug-likeness (QED) is 0.119. The molecule has 2 aromatic rings. The fourth-order valence-electron chi connectivity index (χ4n) is 4.89. The van der Waals surface area contributed by atoms with Crippen LogP contribution in [0.2, 0.25) is 0 Å². The van der Waals surface area contributed by atoms with Gasteiger partial charge in [-0.2, -0.15) is 39.5 Å². The van der Waals surface area contributed by atoms with Crippen molar-refractivity contribution >= 4 is 30.1 Å². The van der Waals surface area contributed by atoms with Gasteiger partial charge in [0.25, 0.3) is 0 Å². The number of carbonyl (C=O) groups is 3. The molecule has 2 aliphatic rings. The van der Waals surface area contributed by atoms with Crippen molar-refractivity contribution in [3.05, 3.63) is 57.7 Å². The number of carboxylic acid groups (broad SMARTS) is 1. The van der Waals surface area contributed by atoms with Crippen molar-refractivity contribution in [3.63, 3.8) is 0 Å². The van der Waals surface area contributed by atoms with Crippen molar-refractivity contribution in [1.29, 1.82) is 0 Å². The molecule has 2 aliphatic heterocycles. The summed E-state index contributed by atoms with van der Waals surface area (Å²) >= 11 is 0. The average molecular weight is 807 g/mol. The van der Waals surface area contributed by atoms with E-state index in [1.165, 1.54) is 0 Å². The molecule has 2 atom stereocenters. The van der Waals surface area contributed by atoms with Crippen LogP contribution in [0.1, 0.15) is 22.3 Å². The third-order valence-corrected chi connectivity index (χ3v) is 6.84. The molecule has 0 fully saturated rings. The molecule has 2 N–H and O–H groups in total. The summed E-state index contributed by atoms with van der Waals surface area (Å²) < 4.78 is 219. The van der Waals surface area contributed by atoms with Crippen molar-refractivity contribution in [1.82, 2.24) is 5.32 Å². The predicted octanol–water partition coefficient (Wildman–Crippen LogP) is 6.95. The van der Waals surface area contributed by atoms with Crippen molar-refractivity contribution in [2.24, 2.45) is 0 Å². The summed E-state index contributed by atoms with van der Waals surface area (Å²) in [4.78, 5) is 34.8. The van der Waals surface area contributed by atoms with Crippen molar-refractivity contribution < 1.29 is 109 Å². The molecule has 10 nitrogen and oxygen atoms in total. The van der Waals surface area contributed by atoms with Gasteiger partial charge in [0.1, 0.15) is 23.0 Å². The first-order chi connectivity index (χ1) is 24.5. The van der Waals surface area contributed by atoms with Gasteiger partial charge in [0.2, 0.25) is 12.2 Å². The van der Waals surface area contributed by atoms with Crippen LogP contribution in [0.25, 0.3) is 12.2 Å². The monoisotopic (exact) mass is 807 g/mol. The van der Waals surface area contributed by atoms with Crippen LogP contribution in [0.15, 0.2) is 35.4 Å². The van der Waals surface area contributed by atoms with Crippen LogP contribution < -0.4 is 24.3 Å². The maximum absolute atomic E-state index is 13.9. The van der Waals surface area contributed by atoms with Gasteiger partial charge in [-0.05, 0) is 54.9 Å². The first-order valence-electron chi connectivity index (χ1n) is 14.1. The minimum Gasteiger partial charge on any atom is -0.478 e. The zero-order valence-electron chi connectivity index (χ0n) is 25.6. The summed E-state index contributed by atoms with van der Waals surface area (Å²) in [6.07, 6.45) is -34.4. The first kappa shape index (κ1) is 41.4. The van der Waals surface area contributed by atoms with Gasteiger partial charge in [0.15, 0.2) is 0 Å². The maximum Gasteiger partial charge on any atom is 0.573 e. The van der Waals surface area contributed by atoms with Gasteiger partial charge in [-0.15, -0.1) is 26.3 Å². The number of aliphatic carboxylic acids is 1. The summed E-state index contributed by atoms with van der Waals surface area (Å²) in [6, 6.07) is 1.89. The Kier molecular flexibility index (Phi) is 11.1. The number of hydrogen-bond acceptors (Lipinski definition) is 9. The van der Waals surface area contributed by atoms with E-state index < -0.39 is 137 Å². The minimum absolute atomic E-state index is 0.113. The molecule has 0 saturated heterocycles. The van der Waals surface area contributed by atoms with Crippen molar-refractivity contribution in [2.75, 3.05) is 6.54 Å². The molecule has 2 heterocycles. The maximum atomic E-state index is 13.9. The number of benzene rings is 2. The molecule has 2 unspecified atom stereocenters. The standard InChI is InChI=1S/C29H16F15NO9/c30-25(31,32)20-16(22(46)47)7-11-4-14(53-28(39,40)41)3-10(18(11)50-20)1-2-45-9-13-6-15(54-29(42,43)44)5-12-8-17(21(26(33,34)35)51-19(12)13)23(48)52-24(49)27(36,37)38/h3-8,20-21,45H,1-2,9H2,(H,46,47). The Morgan fingerprint density at radius 1 is 0.667 bits per heavy atom. The predicted molar refractivity (Wildman–Crippen MR) is 143 cm³/mol. The molecule has 0 saturated carbocycles. The summed E-state index contributed by atoms with van der Waals surface area (Å²) in [6.45, 7) is -1.41. The summed E-state index contributed by atoms with van der Waals surface area (Å²) in [5, 5.41) is 11.7. The van der Waals surface area contributed by atoms with Gasteiger partial charge in [-0.25, -0.2) is 14.4 Å². The van der Waals surface area contributed by atoms with E-state index in [2.05, 4.69) is 19.5 Å². The molecular formula is C29H16F15NO9. The summed E-state index contributed by atoms with van der Waals surface area (Å²) in [5.74, 6) is -11.9. The zero-order chi connectivity index (χ0) is 40.8. The third-order valence-electron chi connectivity index (χ3n) is 6.84. The average Bonchev–Trinajstić information content (AvgIpc) is 2.98. The molecule has 0 amide bonds. The van der Waals surface area contributed by atoms with Gasteiger partial charge in [0.05, 0.1) is 11.1 Å². The Hall–Kier alpha value is -5.36. The van der Waals surface area contributed by atoms with E-state index in [-0.39, 0.29) is 6.08 Å².